The van der Waals surface area contributed by atoms with Crippen LogP contribution in [0.1, 0.15) is 44.8 Å². The predicted molar refractivity (Wildman–Crippen MR) is 90.6 cm³/mol. The molecule has 0 saturated heterocycles. The minimum absolute atomic E-state index is 0.119. The van der Waals surface area contributed by atoms with Gasteiger partial charge in [-0.15, -0.1) is 5.10 Å². The highest BCUT2D eigenvalue weighted by Crippen LogP contribution is 2.23. The summed E-state index contributed by atoms with van der Waals surface area (Å²) in [4.78, 5) is 4.56. The molecule has 0 aliphatic heterocycles. The molecule has 120 valence electrons. The number of hydrogen-bond acceptors (Lipinski definition) is 4. The number of nitrogens with zero attached hydrogens (tertiary/aromatic N) is 4. The zero-order valence-electron chi connectivity index (χ0n) is 13.6. The third kappa shape index (κ3) is 3.40. The summed E-state index contributed by atoms with van der Waals surface area (Å²) in [6.45, 7) is 5.08. The molecule has 0 bridgehead atoms. The van der Waals surface area contributed by atoms with Crippen molar-refractivity contribution in [2.45, 2.75) is 39.2 Å². The molecule has 1 unspecified atom stereocenters. The Morgan fingerprint density at radius 1 is 1.09 bits per heavy atom. The van der Waals surface area contributed by atoms with Gasteiger partial charge in [-0.05, 0) is 36.6 Å². The molecule has 0 spiro atoms. The largest absolute Gasteiger partial charge is 0.373 e. The number of aromatic nitrogens is 4. The molecule has 1 aromatic carbocycles. The summed E-state index contributed by atoms with van der Waals surface area (Å²) >= 11 is 0. The van der Waals surface area contributed by atoms with Crippen LogP contribution in [-0.4, -0.2) is 26.6 Å². The summed E-state index contributed by atoms with van der Waals surface area (Å²) in [6, 6.07) is 11.9. The number of rotatable bonds is 7. The molecule has 0 radical (unpaired) electrons. The molecule has 0 aliphatic rings. The van der Waals surface area contributed by atoms with Crippen molar-refractivity contribution in [1.82, 2.24) is 20.0 Å². The Hall–Kier alpha value is -2.27. The van der Waals surface area contributed by atoms with E-state index in [0.717, 1.165) is 48.3 Å². The van der Waals surface area contributed by atoms with E-state index in [1.54, 1.807) is 4.68 Å². The summed E-state index contributed by atoms with van der Waals surface area (Å²) < 4.78 is 7.71. The second-order valence-corrected chi connectivity index (χ2v) is 5.59. The third-order valence-corrected chi connectivity index (χ3v) is 3.79. The molecule has 0 aliphatic carbocycles. The second-order valence-electron chi connectivity index (χ2n) is 5.59. The number of ether oxygens (including phenoxy) is 1. The van der Waals surface area contributed by atoms with Crippen molar-refractivity contribution >= 4 is 11.0 Å². The van der Waals surface area contributed by atoms with Crippen LogP contribution in [0.25, 0.3) is 16.9 Å². The van der Waals surface area contributed by atoms with E-state index in [-0.39, 0.29) is 6.10 Å². The molecule has 2 aromatic heterocycles. The summed E-state index contributed by atoms with van der Waals surface area (Å²) in [7, 11) is 0. The van der Waals surface area contributed by atoms with Crippen molar-refractivity contribution < 1.29 is 4.74 Å². The van der Waals surface area contributed by atoms with E-state index in [2.05, 4.69) is 35.2 Å². The van der Waals surface area contributed by atoms with Gasteiger partial charge in [-0.25, -0.2) is 4.98 Å². The standard InChI is InChI=1S/C18H22N4O/c1-3-7-17(23-12-4-2)14-10-11-18(19-13-14)22-16-9-6-5-8-15(16)20-21-22/h5-6,8-11,13,17H,3-4,7,12H2,1-2H3. The van der Waals surface area contributed by atoms with Gasteiger partial charge in [-0.3, -0.25) is 0 Å². The van der Waals surface area contributed by atoms with Crippen molar-refractivity contribution in [3.05, 3.63) is 48.2 Å². The Balaban J connectivity index is 1.86. The maximum absolute atomic E-state index is 5.94. The van der Waals surface area contributed by atoms with E-state index in [4.69, 9.17) is 4.74 Å². The van der Waals surface area contributed by atoms with Crippen LogP contribution in [0.2, 0.25) is 0 Å². The molecule has 5 nitrogen and oxygen atoms in total. The minimum Gasteiger partial charge on any atom is -0.373 e. The highest BCUT2D eigenvalue weighted by molar-refractivity contribution is 5.75. The van der Waals surface area contributed by atoms with Gasteiger partial charge in [0, 0.05) is 12.8 Å². The lowest BCUT2D eigenvalue weighted by Crippen LogP contribution is -2.07. The maximum atomic E-state index is 5.94. The van der Waals surface area contributed by atoms with E-state index in [9.17, 15) is 0 Å². The quantitative estimate of drug-likeness (QED) is 0.659. The second kappa shape index (κ2) is 7.33. The van der Waals surface area contributed by atoms with Gasteiger partial charge >= 0.3 is 0 Å². The maximum Gasteiger partial charge on any atom is 0.155 e. The molecule has 1 atom stereocenters. The predicted octanol–water partition coefficient (Wildman–Crippen LogP) is 4.08. The molecule has 2 heterocycles. The fourth-order valence-electron chi connectivity index (χ4n) is 2.62. The van der Waals surface area contributed by atoms with E-state index < -0.39 is 0 Å². The van der Waals surface area contributed by atoms with Crippen molar-refractivity contribution in [3.63, 3.8) is 0 Å². The van der Waals surface area contributed by atoms with Gasteiger partial charge in [0.2, 0.25) is 0 Å². The summed E-state index contributed by atoms with van der Waals surface area (Å²) in [5.41, 5.74) is 2.95. The number of pyridine rings is 1. The summed E-state index contributed by atoms with van der Waals surface area (Å²) in [6.07, 6.45) is 5.13. The van der Waals surface area contributed by atoms with Gasteiger partial charge in [0.1, 0.15) is 5.52 Å². The normalized spacial score (nSPS) is 12.6. The molecule has 0 amide bonds. The molecular weight excluding hydrogens is 288 g/mol. The first-order valence-corrected chi connectivity index (χ1v) is 8.21. The SMILES string of the molecule is CCCOC(CCC)c1ccc(-n2nnc3ccccc32)nc1. The Bertz CT molecular complexity index is 751. The fraction of sp³-hybridized carbons (Fsp3) is 0.389. The van der Waals surface area contributed by atoms with Crippen LogP contribution in [0.3, 0.4) is 0 Å². The Kier molecular flexibility index (Phi) is 4.98. The van der Waals surface area contributed by atoms with E-state index in [0.29, 0.717) is 0 Å². The first kappa shape index (κ1) is 15.6. The number of para-hydroxylation sites is 1. The van der Waals surface area contributed by atoms with Crippen LogP contribution in [-0.2, 0) is 4.74 Å². The Morgan fingerprint density at radius 2 is 1.96 bits per heavy atom. The van der Waals surface area contributed by atoms with E-state index >= 15 is 0 Å². The average Bonchev–Trinajstić information content (AvgIpc) is 3.03. The zero-order valence-corrected chi connectivity index (χ0v) is 13.6. The van der Waals surface area contributed by atoms with Crippen molar-refractivity contribution in [2.75, 3.05) is 6.61 Å². The van der Waals surface area contributed by atoms with Crippen LogP contribution >= 0.6 is 0 Å². The molecule has 0 fully saturated rings. The summed E-state index contributed by atoms with van der Waals surface area (Å²) in [5, 5.41) is 8.37. The van der Waals surface area contributed by atoms with Gasteiger partial charge < -0.3 is 4.74 Å². The zero-order chi connectivity index (χ0) is 16.1. The number of fused-ring (bicyclic) bond motifs is 1. The van der Waals surface area contributed by atoms with Gasteiger partial charge in [0.15, 0.2) is 5.82 Å². The van der Waals surface area contributed by atoms with Gasteiger partial charge in [-0.1, -0.05) is 43.7 Å². The van der Waals surface area contributed by atoms with Gasteiger partial charge in [0.25, 0.3) is 0 Å². The lowest BCUT2D eigenvalue weighted by molar-refractivity contribution is 0.0463. The highest BCUT2D eigenvalue weighted by Gasteiger charge is 2.13. The third-order valence-electron chi connectivity index (χ3n) is 3.79. The lowest BCUT2D eigenvalue weighted by Gasteiger charge is -2.17. The minimum atomic E-state index is 0.119. The Morgan fingerprint density at radius 3 is 2.70 bits per heavy atom. The molecule has 3 aromatic rings. The Labute approximate surface area is 136 Å². The van der Waals surface area contributed by atoms with E-state index in [1.807, 2.05) is 36.5 Å². The lowest BCUT2D eigenvalue weighted by atomic mass is 10.1. The monoisotopic (exact) mass is 310 g/mol. The molecule has 3 rings (SSSR count). The van der Waals surface area contributed by atoms with Crippen LogP contribution in [0.4, 0.5) is 0 Å². The van der Waals surface area contributed by atoms with Crippen LogP contribution in [0.15, 0.2) is 42.6 Å². The first-order chi connectivity index (χ1) is 11.3. The van der Waals surface area contributed by atoms with Crippen LogP contribution in [0, 0.1) is 0 Å². The van der Waals surface area contributed by atoms with Crippen molar-refractivity contribution in [3.8, 4) is 5.82 Å². The fourth-order valence-corrected chi connectivity index (χ4v) is 2.62. The smallest absolute Gasteiger partial charge is 0.155 e. The molecular formula is C18H22N4O. The topological polar surface area (TPSA) is 52.8 Å². The van der Waals surface area contributed by atoms with Crippen molar-refractivity contribution in [2.24, 2.45) is 0 Å². The average molecular weight is 310 g/mol. The molecule has 0 saturated carbocycles. The van der Waals surface area contributed by atoms with Gasteiger partial charge in [-0.2, -0.15) is 4.68 Å². The molecule has 0 N–H and O–H groups in total. The van der Waals surface area contributed by atoms with E-state index in [1.165, 1.54) is 0 Å². The van der Waals surface area contributed by atoms with Crippen molar-refractivity contribution in [1.29, 1.82) is 0 Å². The van der Waals surface area contributed by atoms with Crippen LogP contribution < -0.4 is 0 Å². The number of benzene rings is 1. The van der Waals surface area contributed by atoms with Gasteiger partial charge in [0.05, 0.1) is 11.6 Å². The first-order valence-electron chi connectivity index (χ1n) is 8.21. The molecule has 5 heteroatoms. The summed E-state index contributed by atoms with van der Waals surface area (Å²) in [5.74, 6) is 0.771. The van der Waals surface area contributed by atoms with Crippen LogP contribution in [0.5, 0.6) is 0 Å². The highest BCUT2D eigenvalue weighted by atomic mass is 16.5. The molecule has 23 heavy (non-hydrogen) atoms. The number of hydrogen-bond donors (Lipinski definition) is 0.